The first-order valence-corrected chi connectivity index (χ1v) is 11.9. The van der Waals surface area contributed by atoms with E-state index in [0.29, 0.717) is 19.7 Å². The van der Waals surface area contributed by atoms with Crippen LogP contribution in [-0.2, 0) is 15.9 Å². The third kappa shape index (κ3) is 8.32. The van der Waals surface area contributed by atoms with Crippen LogP contribution >= 0.6 is 0 Å². The highest BCUT2D eigenvalue weighted by Gasteiger charge is 2.38. The second kappa shape index (κ2) is 11.5. The molecular formula is C28H38N2O3. The lowest BCUT2D eigenvalue weighted by Crippen LogP contribution is -2.36. The van der Waals surface area contributed by atoms with Gasteiger partial charge in [-0.3, -0.25) is 4.98 Å². The lowest BCUT2D eigenvalue weighted by Gasteiger charge is -2.24. The average molecular weight is 451 g/mol. The quantitative estimate of drug-likeness (QED) is 0.464. The third-order valence-corrected chi connectivity index (χ3v) is 5.61. The summed E-state index contributed by atoms with van der Waals surface area (Å²) in [4.78, 5) is 19.2. The van der Waals surface area contributed by atoms with Crippen molar-refractivity contribution in [2.24, 2.45) is 5.92 Å². The fraction of sp³-hybridized carbons (Fsp3) is 0.500. The summed E-state index contributed by atoms with van der Waals surface area (Å²) in [6, 6.07) is 14.5. The van der Waals surface area contributed by atoms with Crippen molar-refractivity contribution in [1.29, 1.82) is 0 Å². The second-order valence-electron chi connectivity index (χ2n) is 9.99. The molecule has 1 saturated heterocycles. The van der Waals surface area contributed by atoms with Crippen LogP contribution in [0, 0.1) is 19.8 Å². The van der Waals surface area contributed by atoms with Crippen molar-refractivity contribution in [2.45, 2.75) is 65.6 Å². The van der Waals surface area contributed by atoms with E-state index in [-0.39, 0.29) is 18.1 Å². The number of hydrogen-bond acceptors (Lipinski definition) is 4. The van der Waals surface area contributed by atoms with Gasteiger partial charge in [0.25, 0.3) is 0 Å². The molecule has 2 atom stereocenters. The van der Waals surface area contributed by atoms with Gasteiger partial charge in [0.1, 0.15) is 5.60 Å². The van der Waals surface area contributed by atoms with E-state index in [1.807, 2.05) is 45.9 Å². The number of benzene rings is 1. The normalized spacial score (nSPS) is 18.8. The molecule has 33 heavy (non-hydrogen) atoms. The summed E-state index contributed by atoms with van der Waals surface area (Å²) in [5.41, 5.74) is 3.99. The number of allylic oxidation sites excluding steroid dienone is 1. The number of amides is 1. The molecule has 0 saturated carbocycles. The Morgan fingerprint density at radius 3 is 2.61 bits per heavy atom. The summed E-state index contributed by atoms with van der Waals surface area (Å²) in [7, 11) is 0. The molecule has 2 heterocycles. The zero-order valence-electron chi connectivity index (χ0n) is 20.7. The highest BCUT2D eigenvalue weighted by Crippen LogP contribution is 2.26. The molecule has 1 aromatic carbocycles. The predicted molar refractivity (Wildman–Crippen MR) is 133 cm³/mol. The number of aryl methyl sites for hydroxylation is 2. The number of likely N-dealkylation sites (tertiary alicyclic amines) is 1. The average Bonchev–Trinajstić information content (AvgIpc) is 3.12. The number of rotatable bonds is 8. The molecule has 1 aromatic heterocycles. The Morgan fingerprint density at radius 2 is 1.91 bits per heavy atom. The Kier molecular flexibility index (Phi) is 8.67. The summed E-state index contributed by atoms with van der Waals surface area (Å²) in [5, 5.41) is 0. The van der Waals surface area contributed by atoms with E-state index in [0.717, 1.165) is 30.7 Å². The first-order chi connectivity index (χ1) is 15.7. The van der Waals surface area contributed by atoms with Gasteiger partial charge in [0.05, 0.1) is 12.6 Å². The highest BCUT2D eigenvalue weighted by atomic mass is 16.6. The summed E-state index contributed by atoms with van der Waals surface area (Å²) >= 11 is 0. The summed E-state index contributed by atoms with van der Waals surface area (Å²) in [5.74, 6) is 0.200. The lowest BCUT2D eigenvalue weighted by molar-refractivity contribution is 0.0175. The largest absolute Gasteiger partial charge is 0.444 e. The standard InChI is InChI=1S/C28H38N2O3/c1-21-16-22(2)29-25(17-21)18-24-19-30(27(31)33-28(3,4)5)20-26(24)32-15-11-7-10-14-23-12-8-6-9-13-23/h6,8-10,12-14,16-17,24,26H,7,11,15,18-20H2,1-5H3/b14-10+/t24-,26+/m1/s1. The number of unbranched alkanes of at least 4 members (excludes halogenated alkanes) is 1. The van der Waals surface area contributed by atoms with E-state index < -0.39 is 5.60 Å². The molecule has 2 aromatic rings. The number of hydrogen-bond donors (Lipinski definition) is 0. The van der Waals surface area contributed by atoms with Gasteiger partial charge in [-0.1, -0.05) is 42.5 Å². The van der Waals surface area contributed by atoms with Crippen LogP contribution in [0.15, 0.2) is 48.5 Å². The predicted octanol–water partition coefficient (Wildman–Crippen LogP) is 5.99. The maximum absolute atomic E-state index is 12.7. The number of aromatic nitrogens is 1. The van der Waals surface area contributed by atoms with Gasteiger partial charge >= 0.3 is 6.09 Å². The Bertz CT molecular complexity index is 914. The van der Waals surface area contributed by atoms with E-state index in [2.05, 4.69) is 43.3 Å². The maximum atomic E-state index is 12.7. The highest BCUT2D eigenvalue weighted by molar-refractivity contribution is 5.68. The minimum atomic E-state index is -0.508. The molecular weight excluding hydrogens is 412 g/mol. The molecule has 5 nitrogen and oxygen atoms in total. The summed E-state index contributed by atoms with van der Waals surface area (Å²) in [6.07, 6.45) is 6.75. The van der Waals surface area contributed by atoms with Crippen LogP contribution < -0.4 is 0 Å². The molecule has 5 heteroatoms. The second-order valence-corrected chi connectivity index (χ2v) is 9.99. The maximum Gasteiger partial charge on any atom is 0.410 e. The van der Waals surface area contributed by atoms with Gasteiger partial charge in [0.2, 0.25) is 0 Å². The SMILES string of the molecule is Cc1cc(C)nc(C[C@@H]2CN(C(=O)OC(C)(C)C)C[C@@H]2OCCC/C=C/c2ccccc2)c1. The lowest BCUT2D eigenvalue weighted by atomic mass is 9.98. The Labute approximate surface area is 198 Å². The molecule has 0 spiro atoms. The Balaban J connectivity index is 1.57. The summed E-state index contributed by atoms with van der Waals surface area (Å²) < 4.78 is 11.9. The van der Waals surface area contributed by atoms with Gasteiger partial charge in [-0.2, -0.15) is 0 Å². The molecule has 0 bridgehead atoms. The zero-order chi connectivity index (χ0) is 23.8. The number of carbonyl (C=O) groups excluding carboxylic acids is 1. The van der Waals surface area contributed by atoms with Crippen molar-refractivity contribution in [2.75, 3.05) is 19.7 Å². The minimum Gasteiger partial charge on any atom is -0.444 e. The van der Waals surface area contributed by atoms with Crippen molar-refractivity contribution in [3.8, 4) is 0 Å². The van der Waals surface area contributed by atoms with Crippen molar-refractivity contribution >= 4 is 12.2 Å². The van der Waals surface area contributed by atoms with Gasteiger partial charge in [-0.15, -0.1) is 0 Å². The first kappa shape index (κ1) is 25.0. The van der Waals surface area contributed by atoms with Crippen LogP contribution in [0.25, 0.3) is 6.08 Å². The van der Waals surface area contributed by atoms with E-state index in [1.54, 1.807) is 4.90 Å². The smallest absolute Gasteiger partial charge is 0.410 e. The molecule has 1 aliphatic heterocycles. The first-order valence-electron chi connectivity index (χ1n) is 11.9. The summed E-state index contributed by atoms with van der Waals surface area (Å²) in [6.45, 7) is 11.7. The monoisotopic (exact) mass is 450 g/mol. The number of carbonyl (C=O) groups is 1. The van der Waals surface area contributed by atoms with Crippen molar-refractivity contribution in [3.63, 3.8) is 0 Å². The van der Waals surface area contributed by atoms with Crippen LogP contribution in [0.2, 0.25) is 0 Å². The molecule has 0 radical (unpaired) electrons. The van der Waals surface area contributed by atoms with E-state index in [4.69, 9.17) is 14.5 Å². The van der Waals surface area contributed by atoms with Crippen molar-refractivity contribution in [3.05, 3.63) is 71.1 Å². The van der Waals surface area contributed by atoms with Gasteiger partial charge in [0.15, 0.2) is 0 Å². The number of ether oxygens (including phenoxy) is 2. The van der Waals surface area contributed by atoms with E-state index in [9.17, 15) is 4.79 Å². The van der Waals surface area contributed by atoms with E-state index in [1.165, 1.54) is 11.1 Å². The van der Waals surface area contributed by atoms with Gasteiger partial charge < -0.3 is 14.4 Å². The van der Waals surface area contributed by atoms with Gasteiger partial charge in [0, 0.05) is 30.5 Å². The van der Waals surface area contributed by atoms with Crippen molar-refractivity contribution < 1.29 is 14.3 Å². The van der Waals surface area contributed by atoms with Crippen LogP contribution in [0.5, 0.6) is 0 Å². The number of pyridine rings is 1. The molecule has 1 aliphatic rings. The van der Waals surface area contributed by atoms with Crippen LogP contribution in [0.3, 0.4) is 0 Å². The van der Waals surface area contributed by atoms with Crippen LogP contribution in [0.1, 0.15) is 56.1 Å². The van der Waals surface area contributed by atoms with E-state index >= 15 is 0 Å². The number of nitrogens with zero attached hydrogens (tertiary/aromatic N) is 2. The molecule has 178 valence electrons. The Hall–Kier alpha value is -2.66. The molecule has 0 N–H and O–H groups in total. The molecule has 0 aliphatic carbocycles. The zero-order valence-corrected chi connectivity index (χ0v) is 20.7. The fourth-order valence-electron chi connectivity index (χ4n) is 4.22. The fourth-order valence-corrected chi connectivity index (χ4v) is 4.22. The minimum absolute atomic E-state index is 0.0155. The molecule has 3 rings (SSSR count). The molecule has 1 fully saturated rings. The van der Waals surface area contributed by atoms with Gasteiger partial charge in [-0.25, -0.2) is 4.79 Å². The van der Waals surface area contributed by atoms with Crippen LogP contribution in [0.4, 0.5) is 4.79 Å². The Morgan fingerprint density at radius 1 is 1.15 bits per heavy atom. The third-order valence-electron chi connectivity index (χ3n) is 5.61. The van der Waals surface area contributed by atoms with Crippen molar-refractivity contribution in [1.82, 2.24) is 9.88 Å². The molecule has 1 amide bonds. The van der Waals surface area contributed by atoms with Gasteiger partial charge in [-0.05, 0) is 77.1 Å². The van der Waals surface area contributed by atoms with Crippen LogP contribution in [-0.4, -0.2) is 47.4 Å². The topological polar surface area (TPSA) is 51.7 Å². The molecule has 0 unspecified atom stereocenters.